The SMILES string of the molecule is O=C1CNCCCN1CCn1ccccc1=O. The monoisotopic (exact) mass is 235 g/mol. The third-order valence-electron chi connectivity index (χ3n) is 2.92. The first-order valence-electron chi connectivity index (χ1n) is 5.91. The Morgan fingerprint density at radius 2 is 2.12 bits per heavy atom. The zero-order valence-electron chi connectivity index (χ0n) is 9.76. The lowest BCUT2D eigenvalue weighted by atomic mass is 10.3. The molecule has 0 radical (unpaired) electrons. The Labute approximate surface area is 100 Å². The number of amides is 1. The van der Waals surface area contributed by atoms with E-state index in [1.54, 1.807) is 16.8 Å². The molecule has 5 heteroatoms. The quantitative estimate of drug-likeness (QED) is 0.780. The van der Waals surface area contributed by atoms with Crippen LogP contribution < -0.4 is 10.9 Å². The molecule has 1 amide bonds. The summed E-state index contributed by atoms with van der Waals surface area (Å²) in [5.41, 5.74) is -0.0205. The molecule has 1 aliphatic rings. The van der Waals surface area contributed by atoms with Crippen molar-refractivity contribution < 1.29 is 4.79 Å². The molecule has 0 aromatic carbocycles. The minimum atomic E-state index is -0.0205. The van der Waals surface area contributed by atoms with E-state index < -0.39 is 0 Å². The largest absolute Gasteiger partial charge is 0.340 e. The number of carbonyl (C=O) groups excluding carboxylic acids is 1. The molecule has 0 unspecified atom stereocenters. The molecule has 2 heterocycles. The summed E-state index contributed by atoms with van der Waals surface area (Å²) in [6, 6.07) is 5.08. The summed E-state index contributed by atoms with van der Waals surface area (Å²) in [5, 5.41) is 3.08. The molecule has 0 spiro atoms. The van der Waals surface area contributed by atoms with Gasteiger partial charge in [-0.25, -0.2) is 0 Å². The lowest BCUT2D eigenvalue weighted by Crippen LogP contribution is -2.38. The van der Waals surface area contributed by atoms with E-state index in [1.807, 2.05) is 11.0 Å². The predicted molar refractivity (Wildman–Crippen MR) is 64.8 cm³/mol. The van der Waals surface area contributed by atoms with Crippen molar-refractivity contribution >= 4 is 5.91 Å². The van der Waals surface area contributed by atoms with Crippen molar-refractivity contribution in [2.45, 2.75) is 13.0 Å². The fourth-order valence-electron chi connectivity index (χ4n) is 1.94. The topological polar surface area (TPSA) is 54.3 Å². The van der Waals surface area contributed by atoms with E-state index in [9.17, 15) is 9.59 Å². The van der Waals surface area contributed by atoms with Gasteiger partial charge >= 0.3 is 0 Å². The predicted octanol–water partition coefficient (Wildman–Crippen LogP) is -0.330. The van der Waals surface area contributed by atoms with E-state index in [-0.39, 0.29) is 11.5 Å². The third kappa shape index (κ3) is 3.17. The second-order valence-electron chi connectivity index (χ2n) is 4.14. The van der Waals surface area contributed by atoms with Crippen LogP contribution in [0.5, 0.6) is 0 Å². The van der Waals surface area contributed by atoms with Gasteiger partial charge in [0, 0.05) is 31.9 Å². The molecule has 1 fully saturated rings. The van der Waals surface area contributed by atoms with Crippen molar-refractivity contribution in [3.05, 3.63) is 34.7 Å². The van der Waals surface area contributed by atoms with Crippen LogP contribution in [-0.2, 0) is 11.3 Å². The first-order valence-corrected chi connectivity index (χ1v) is 5.91. The molecular weight excluding hydrogens is 218 g/mol. The van der Waals surface area contributed by atoms with E-state index in [2.05, 4.69) is 5.32 Å². The van der Waals surface area contributed by atoms with Crippen molar-refractivity contribution in [3.8, 4) is 0 Å². The highest BCUT2D eigenvalue weighted by atomic mass is 16.2. The Morgan fingerprint density at radius 3 is 2.94 bits per heavy atom. The second kappa shape index (κ2) is 5.63. The molecule has 2 rings (SSSR count). The Hall–Kier alpha value is -1.62. The van der Waals surface area contributed by atoms with Gasteiger partial charge in [-0.05, 0) is 19.0 Å². The van der Waals surface area contributed by atoms with Crippen LogP contribution >= 0.6 is 0 Å². The number of hydrogen-bond acceptors (Lipinski definition) is 3. The molecule has 5 nitrogen and oxygen atoms in total. The average molecular weight is 235 g/mol. The highest BCUT2D eigenvalue weighted by Crippen LogP contribution is 1.97. The van der Waals surface area contributed by atoms with Crippen LogP contribution in [0, 0.1) is 0 Å². The van der Waals surface area contributed by atoms with Crippen LogP contribution in [0.1, 0.15) is 6.42 Å². The van der Waals surface area contributed by atoms with E-state index in [4.69, 9.17) is 0 Å². The third-order valence-corrected chi connectivity index (χ3v) is 2.92. The zero-order chi connectivity index (χ0) is 12.1. The van der Waals surface area contributed by atoms with Gasteiger partial charge in [-0.2, -0.15) is 0 Å². The first kappa shape index (κ1) is 11.9. The van der Waals surface area contributed by atoms with Crippen LogP contribution in [0.2, 0.25) is 0 Å². The summed E-state index contributed by atoms with van der Waals surface area (Å²) < 4.78 is 1.63. The van der Waals surface area contributed by atoms with Crippen LogP contribution in [0.4, 0.5) is 0 Å². The van der Waals surface area contributed by atoms with Gasteiger partial charge in [0.25, 0.3) is 5.56 Å². The van der Waals surface area contributed by atoms with Crippen molar-refractivity contribution in [1.82, 2.24) is 14.8 Å². The molecule has 92 valence electrons. The maximum atomic E-state index is 11.7. The molecule has 0 bridgehead atoms. The van der Waals surface area contributed by atoms with Crippen molar-refractivity contribution in [3.63, 3.8) is 0 Å². The van der Waals surface area contributed by atoms with Gasteiger partial charge in [0.15, 0.2) is 0 Å². The summed E-state index contributed by atoms with van der Waals surface area (Å²) in [7, 11) is 0. The number of nitrogens with zero attached hydrogens (tertiary/aromatic N) is 2. The maximum Gasteiger partial charge on any atom is 0.250 e. The Kier molecular flexibility index (Phi) is 3.93. The molecule has 1 aromatic heterocycles. The molecule has 1 saturated heterocycles. The molecule has 0 atom stereocenters. The molecule has 0 saturated carbocycles. The number of rotatable bonds is 3. The van der Waals surface area contributed by atoms with E-state index in [0.717, 1.165) is 19.5 Å². The average Bonchev–Trinajstić information content (AvgIpc) is 2.53. The van der Waals surface area contributed by atoms with Gasteiger partial charge in [-0.15, -0.1) is 0 Å². The zero-order valence-corrected chi connectivity index (χ0v) is 9.76. The molecule has 17 heavy (non-hydrogen) atoms. The molecule has 0 aliphatic carbocycles. The van der Waals surface area contributed by atoms with Crippen molar-refractivity contribution in [1.29, 1.82) is 0 Å². The smallest absolute Gasteiger partial charge is 0.250 e. The van der Waals surface area contributed by atoms with Crippen molar-refractivity contribution in [2.75, 3.05) is 26.2 Å². The van der Waals surface area contributed by atoms with E-state index in [1.165, 1.54) is 6.07 Å². The number of nitrogens with one attached hydrogen (secondary N) is 1. The normalized spacial score (nSPS) is 16.9. The summed E-state index contributed by atoms with van der Waals surface area (Å²) >= 11 is 0. The van der Waals surface area contributed by atoms with Crippen LogP contribution in [0.15, 0.2) is 29.2 Å². The minimum absolute atomic E-state index is 0.0205. The summed E-state index contributed by atoms with van der Waals surface area (Å²) in [6.45, 7) is 3.22. The molecule has 1 N–H and O–H groups in total. The maximum absolute atomic E-state index is 11.7. The fraction of sp³-hybridized carbons (Fsp3) is 0.500. The van der Waals surface area contributed by atoms with Gasteiger partial charge < -0.3 is 14.8 Å². The lowest BCUT2D eigenvalue weighted by Gasteiger charge is -2.20. The molecule has 1 aliphatic heterocycles. The standard InChI is InChI=1S/C12H17N3O2/c16-11-4-1-2-6-14(11)8-9-15-7-3-5-13-10-12(15)17/h1-2,4,6,13H,3,5,7-10H2. The van der Waals surface area contributed by atoms with Gasteiger partial charge in [0.05, 0.1) is 6.54 Å². The fourth-order valence-corrected chi connectivity index (χ4v) is 1.94. The first-order chi connectivity index (χ1) is 8.27. The Balaban J connectivity index is 1.95. The number of pyridine rings is 1. The number of carbonyl (C=O) groups is 1. The lowest BCUT2D eigenvalue weighted by molar-refractivity contribution is -0.129. The molecule has 1 aromatic rings. The van der Waals surface area contributed by atoms with E-state index >= 15 is 0 Å². The molecular formula is C12H17N3O2. The summed E-state index contributed by atoms with van der Waals surface area (Å²) in [5.74, 6) is 0.117. The van der Waals surface area contributed by atoms with Crippen LogP contribution in [0.25, 0.3) is 0 Å². The Morgan fingerprint density at radius 1 is 1.24 bits per heavy atom. The Bertz CT molecular complexity index is 441. The number of hydrogen-bond donors (Lipinski definition) is 1. The number of aromatic nitrogens is 1. The highest BCUT2D eigenvalue weighted by Gasteiger charge is 2.15. The van der Waals surface area contributed by atoms with Crippen molar-refractivity contribution in [2.24, 2.45) is 0 Å². The minimum Gasteiger partial charge on any atom is -0.340 e. The highest BCUT2D eigenvalue weighted by molar-refractivity contribution is 5.78. The van der Waals surface area contributed by atoms with Gasteiger partial charge in [-0.3, -0.25) is 9.59 Å². The van der Waals surface area contributed by atoms with Gasteiger partial charge in [0.1, 0.15) is 0 Å². The van der Waals surface area contributed by atoms with Crippen LogP contribution in [0.3, 0.4) is 0 Å². The van der Waals surface area contributed by atoms with Gasteiger partial charge in [0.2, 0.25) is 5.91 Å². The summed E-state index contributed by atoms with van der Waals surface area (Å²) in [4.78, 5) is 25.0. The van der Waals surface area contributed by atoms with E-state index in [0.29, 0.717) is 19.6 Å². The van der Waals surface area contributed by atoms with Gasteiger partial charge in [-0.1, -0.05) is 6.07 Å². The second-order valence-corrected chi connectivity index (χ2v) is 4.14. The summed E-state index contributed by atoms with van der Waals surface area (Å²) in [6.07, 6.45) is 2.72. The van der Waals surface area contributed by atoms with Crippen LogP contribution in [-0.4, -0.2) is 41.6 Å².